The summed E-state index contributed by atoms with van der Waals surface area (Å²) in [6, 6.07) is 8.89. The van der Waals surface area contributed by atoms with Gasteiger partial charge in [0.1, 0.15) is 11.6 Å². The zero-order valence-electron chi connectivity index (χ0n) is 12.1. The molecule has 0 radical (unpaired) electrons. The molecule has 3 aromatic rings. The van der Waals surface area contributed by atoms with E-state index in [0.29, 0.717) is 0 Å². The van der Waals surface area contributed by atoms with E-state index in [1.165, 1.54) is 23.4 Å². The van der Waals surface area contributed by atoms with Gasteiger partial charge in [-0.15, -0.1) is 0 Å². The maximum Gasteiger partial charge on any atom is 0.123 e. The van der Waals surface area contributed by atoms with Gasteiger partial charge in [0, 0.05) is 30.6 Å². The second-order valence-electron chi connectivity index (χ2n) is 5.56. The summed E-state index contributed by atoms with van der Waals surface area (Å²) in [7, 11) is 0. The SMILES string of the molecule is Fc1ccc(CN2CCn3c(-c4ccsc4)cnc3C2)cc1. The fourth-order valence-electron chi connectivity index (χ4n) is 2.93. The fourth-order valence-corrected chi connectivity index (χ4v) is 3.58. The molecule has 0 unspecified atom stereocenters. The lowest BCUT2D eigenvalue weighted by atomic mass is 10.2. The highest BCUT2D eigenvalue weighted by Crippen LogP contribution is 2.26. The van der Waals surface area contributed by atoms with E-state index >= 15 is 0 Å². The van der Waals surface area contributed by atoms with Crippen LogP contribution < -0.4 is 0 Å². The van der Waals surface area contributed by atoms with Crippen LogP contribution in [0.15, 0.2) is 47.3 Å². The van der Waals surface area contributed by atoms with E-state index in [1.807, 2.05) is 18.3 Å². The summed E-state index contributed by atoms with van der Waals surface area (Å²) in [6.45, 7) is 3.60. The first-order valence-electron chi connectivity index (χ1n) is 7.33. The first-order chi connectivity index (χ1) is 10.8. The highest BCUT2D eigenvalue weighted by Gasteiger charge is 2.20. The molecule has 0 spiro atoms. The molecule has 0 N–H and O–H groups in total. The lowest BCUT2D eigenvalue weighted by Gasteiger charge is -2.28. The lowest BCUT2D eigenvalue weighted by Crippen LogP contribution is -2.33. The fraction of sp³-hybridized carbons (Fsp3) is 0.235. The number of benzene rings is 1. The van der Waals surface area contributed by atoms with Gasteiger partial charge >= 0.3 is 0 Å². The van der Waals surface area contributed by atoms with Crippen LogP contribution in [0.5, 0.6) is 0 Å². The molecule has 0 aliphatic carbocycles. The zero-order valence-corrected chi connectivity index (χ0v) is 12.9. The van der Waals surface area contributed by atoms with Crippen LogP contribution in [0.1, 0.15) is 11.4 Å². The Balaban J connectivity index is 1.52. The highest BCUT2D eigenvalue weighted by atomic mass is 32.1. The quantitative estimate of drug-likeness (QED) is 0.734. The molecule has 1 aromatic carbocycles. The minimum atomic E-state index is -0.182. The molecule has 1 aliphatic heterocycles. The van der Waals surface area contributed by atoms with E-state index in [1.54, 1.807) is 11.3 Å². The van der Waals surface area contributed by atoms with Gasteiger partial charge in [-0.3, -0.25) is 4.90 Å². The van der Waals surface area contributed by atoms with Gasteiger partial charge in [-0.2, -0.15) is 11.3 Å². The van der Waals surface area contributed by atoms with Crippen LogP contribution in [-0.2, 0) is 19.6 Å². The molecule has 22 heavy (non-hydrogen) atoms. The highest BCUT2D eigenvalue weighted by molar-refractivity contribution is 7.08. The second kappa shape index (κ2) is 5.66. The van der Waals surface area contributed by atoms with E-state index < -0.39 is 0 Å². The third-order valence-corrected chi connectivity index (χ3v) is 4.76. The molecule has 112 valence electrons. The van der Waals surface area contributed by atoms with Gasteiger partial charge in [0.05, 0.1) is 18.4 Å². The first-order valence-corrected chi connectivity index (χ1v) is 8.27. The summed E-state index contributed by atoms with van der Waals surface area (Å²) < 4.78 is 15.3. The topological polar surface area (TPSA) is 21.1 Å². The summed E-state index contributed by atoms with van der Waals surface area (Å²) in [5.74, 6) is 0.924. The van der Waals surface area contributed by atoms with Crippen molar-refractivity contribution in [1.29, 1.82) is 0 Å². The number of imidazole rings is 1. The normalized spacial score (nSPS) is 15.0. The number of hydrogen-bond acceptors (Lipinski definition) is 3. The van der Waals surface area contributed by atoms with Crippen LogP contribution in [0.2, 0.25) is 0 Å². The van der Waals surface area contributed by atoms with Crippen LogP contribution >= 0.6 is 11.3 Å². The number of aromatic nitrogens is 2. The van der Waals surface area contributed by atoms with E-state index in [2.05, 4.69) is 31.3 Å². The third-order valence-electron chi connectivity index (χ3n) is 4.08. The number of hydrogen-bond donors (Lipinski definition) is 0. The molecule has 4 rings (SSSR count). The lowest BCUT2D eigenvalue weighted by molar-refractivity contribution is 0.209. The first kappa shape index (κ1) is 13.7. The summed E-state index contributed by atoms with van der Waals surface area (Å²) in [6.07, 6.45) is 1.97. The van der Waals surface area contributed by atoms with Crippen molar-refractivity contribution in [3.63, 3.8) is 0 Å². The van der Waals surface area contributed by atoms with Gasteiger partial charge in [-0.1, -0.05) is 12.1 Å². The Hall–Kier alpha value is -1.98. The number of nitrogens with zero attached hydrogens (tertiary/aromatic N) is 3. The van der Waals surface area contributed by atoms with Gasteiger partial charge in [-0.25, -0.2) is 9.37 Å². The van der Waals surface area contributed by atoms with Crippen LogP contribution in [0.3, 0.4) is 0 Å². The minimum absolute atomic E-state index is 0.182. The summed E-state index contributed by atoms with van der Waals surface area (Å²) >= 11 is 1.71. The Morgan fingerprint density at radius 2 is 2.00 bits per heavy atom. The second-order valence-corrected chi connectivity index (χ2v) is 6.34. The monoisotopic (exact) mass is 313 g/mol. The van der Waals surface area contributed by atoms with Crippen LogP contribution in [0, 0.1) is 5.82 Å². The van der Waals surface area contributed by atoms with Crippen molar-refractivity contribution in [1.82, 2.24) is 14.5 Å². The average Bonchev–Trinajstić information content (AvgIpc) is 3.18. The summed E-state index contributed by atoms with van der Waals surface area (Å²) in [5.41, 5.74) is 3.59. The van der Waals surface area contributed by atoms with Crippen molar-refractivity contribution in [2.24, 2.45) is 0 Å². The van der Waals surface area contributed by atoms with Crippen molar-refractivity contribution in [3.8, 4) is 11.3 Å². The van der Waals surface area contributed by atoms with Crippen molar-refractivity contribution >= 4 is 11.3 Å². The van der Waals surface area contributed by atoms with Crippen LogP contribution in [-0.4, -0.2) is 21.0 Å². The minimum Gasteiger partial charge on any atom is -0.326 e. The molecule has 0 amide bonds. The van der Waals surface area contributed by atoms with Crippen molar-refractivity contribution < 1.29 is 4.39 Å². The summed E-state index contributed by atoms with van der Waals surface area (Å²) in [5, 5.41) is 4.26. The number of thiophene rings is 1. The van der Waals surface area contributed by atoms with Gasteiger partial charge in [-0.05, 0) is 29.1 Å². The van der Waals surface area contributed by atoms with E-state index in [-0.39, 0.29) is 5.82 Å². The maximum atomic E-state index is 13.0. The molecule has 3 heterocycles. The Bertz CT molecular complexity index is 762. The molecule has 0 fully saturated rings. The van der Waals surface area contributed by atoms with Gasteiger partial charge in [0.2, 0.25) is 0 Å². The molecule has 2 aromatic heterocycles. The largest absolute Gasteiger partial charge is 0.326 e. The molecule has 3 nitrogen and oxygen atoms in total. The van der Waals surface area contributed by atoms with E-state index in [9.17, 15) is 4.39 Å². The Morgan fingerprint density at radius 3 is 2.77 bits per heavy atom. The zero-order chi connectivity index (χ0) is 14.9. The average molecular weight is 313 g/mol. The van der Waals surface area contributed by atoms with Crippen molar-refractivity contribution in [2.75, 3.05) is 6.54 Å². The molecule has 0 atom stereocenters. The number of rotatable bonds is 3. The molecule has 1 aliphatic rings. The van der Waals surface area contributed by atoms with E-state index in [4.69, 9.17) is 0 Å². The molecule has 0 bridgehead atoms. The number of fused-ring (bicyclic) bond motifs is 1. The Labute approximate surface area is 132 Å². The van der Waals surface area contributed by atoms with Crippen LogP contribution in [0.4, 0.5) is 4.39 Å². The Kier molecular flexibility index (Phi) is 3.52. The standard InChI is InChI=1S/C17H16FN3S/c18-15-3-1-13(2-4-15)10-20-6-7-21-16(9-19-17(21)11-20)14-5-8-22-12-14/h1-5,8-9,12H,6-7,10-11H2. The molecule has 5 heteroatoms. The van der Waals surface area contributed by atoms with E-state index in [0.717, 1.165) is 37.6 Å². The smallest absolute Gasteiger partial charge is 0.123 e. The summed E-state index contributed by atoms with van der Waals surface area (Å²) in [4.78, 5) is 6.94. The maximum absolute atomic E-state index is 13.0. The molecular weight excluding hydrogens is 297 g/mol. The van der Waals surface area contributed by atoms with Crippen molar-refractivity contribution in [2.45, 2.75) is 19.6 Å². The van der Waals surface area contributed by atoms with Gasteiger partial charge in [0.15, 0.2) is 0 Å². The van der Waals surface area contributed by atoms with Crippen molar-refractivity contribution in [3.05, 3.63) is 64.5 Å². The Morgan fingerprint density at radius 1 is 1.14 bits per heavy atom. The predicted molar refractivity (Wildman–Crippen MR) is 86.1 cm³/mol. The van der Waals surface area contributed by atoms with Gasteiger partial charge < -0.3 is 4.57 Å². The van der Waals surface area contributed by atoms with Crippen LogP contribution in [0.25, 0.3) is 11.3 Å². The predicted octanol–water partition coefficient (Wildman–Crippen LogP) is 3.77. The molecule has 0 saturated carbocycles. The number of halogens is 1. The molecular formula is C17H16FN3S. The molecule has 0 saturated heterocycles. The van der Waals surface area contributed by atoms with Gasteiger partial charge in [0.25, 0.3) is 0 Å². The third kappa shape index (κ3) is 2.58.